The van der Waals surface area contributed by atoms with Crippen LogP contribution in [0.4, 0.5) is 8.78 Å². The molecule has 0 aromatic carbocycles. The molecule has 0 saturated heterocycles. The second-order valence-electron chi connectivity index (χ2n) is 2.71. The van der Waals surface area contributed by atoms with Gasteiger partial charge in [-0.1, -0.05) is 0 Å². The van der Waals surface area contributed by atoms with Gasteiger partial charge in [0.15, 0.2) is 5.75 Å². The van der Waals surface area contributed by atoms with Gasteiger partial charge in [0.25, 0.3) is 6.43 Å². The van der Waals surface area contributed by atoms with Crippen LogP contribution in [0.25, 0.3) is 0 Å². The van der Waals surface area contributed by atoms with Crippen molar-refractivity contribution in [3.63, 3.8) is 0 Å². The van der Waals surface area contributed by atoms with Crippen LogP contribution in [0.15, 0.2) is 11.0 Å². The molecule has 0 aliphatic heterocycles. The summed E-state index contributed by atoms with van der Waals surface area (Å²) in [5, 5.41) is 8.40. The Balaban J connectivity index is 3.39. The number of nitrogens with one attached hydrogen (secondary N) is 1. The predicted molar refractivity (Wildman–Crippen MR) is 47.9 cm³/mol. The lowest BCUT2D eigenvalue weighted by Crippen LogP contribution is -2.16. The molecule has 1 heterocycles. The maximum Gasteiger partial charge on any atom is 0.269 e. The number of aromatic amines is 1. The summed E-state index contributed by atoms with van der Waals surface area (Å²) in [4.78, 5) is 13.9. The van der Waals surface area contributed by atoms with E-state index in [0.29, 0.717) is 0 Å². The number of nitriles is 1. The first-order valence-corrected chi connectivity index (χ1v) is 4.05. The first kappa shape index (κ1) is 11.2. The average molecular weight is 214 g/mol. The van der Waals surface area contributed by atoms with E-state index in [1.54, 1.807) is 6.07 Å². The lowest BCUT2D eigenvalue weighted by Gasteiger charge is -2.07. The molecule has 0 bridgehead atoms. The van der Waals surface area contributed by atoms with Gasteiger partial charge in [-0.25, -0.2) is 8.78 Å². The Bertz CT molecular complexity index is 448. The van der Waals surface area contributed by atoms with Crippen molar-refractivity contribution in [2.75, 3.05) is 7.11 Å². The van der Waals surface area contributed by atoms with Crippen molar-refractivity contribution in [3.05, 3.63) is 27.7 Å². The number of methoxy groups -OCH3 is 1. The van der Waals surface area contributed by atoms with Crippen LogP contribution in [0.3, 0.4) is 0 Å². The fraction of sp³-hybridized carbons (Fsp3) is 0.333. The van der Waals surface area contributed by atoms with Crippen LogP contribution in [0.2, 0.25) is 0 Å². The molecular weight excluding hydrogens is 206 g/mol. The van der Waals surface area contributed by atoms with Crippen LogP contribution in [0.1, 0.15) is 17.7 Å². The minimum atomic E-state index is -2.92. The first-order valence-electron chi connectivity index (χ1n) is 4.05. The lowest BCUT2D eigenvalue weighted by molar-refractivity contribution is 0.148. The average Bonchev–Trinajstić information content (AvgIpc) is 2.18. The van der Waals surface area contributed by atoms with Crippen LogP contribution < -0.4 is 10.2 Å². The third-order valence-corrected chi connectivity index (χ3v) is 1.86. The van der Waals surface area contributed by atoms with Gasteiger partial charge in [0, 0.05) is 11.9 Å². The molecule has 0 aliphatic rings. The SMILES string of the molecule is COc1c[nH]c(CC#N)c(C(F)F)c1=O. The van der Waals surface area contributed by atoms with Crippen molar-refractivity contribution in [2.24, 2.45) is 0 Å². The van der Waals surface area contributed by atoms with Crippen molar-refractivity contribution in [1.29, 1.82) is 5.26 Å². The minimum Gasteiger partial charge on any atom is -0.491 e. The molecule has 1 rings (SSSR count). The predicted octanol–water partition coefficient (Wildman–Crippen LogP) is 1.39. The summed E-state index contributed by atoms with van der Waals surface area (Å²) in [6.07, 6.45) is -2.02. The van der Waals surface area contributed by atoms with E-state index in [-0.39, 0.29) is 17.9 Å². The van der Waals surface area contributed by atoms with E-state index in [2.05, 4.69) is 9.72 Å². The molecule has 1 aromatic heterocycles. The van der Waals surface area contributed by atoms with Gasteiger partial charge in [0.05, 0.1) is 25.2 Å². The summed E-state index contributed by atoms with van der Waals surface area (Å²) in [6, 6.07) is 1.70. The number of ether oxygens (including phenoxy) is 1. The number of hydrogen-bond acceptors (Lipinski definition) is 3. The molecule has 6 heteroatoms. The number of nitrogens with zero attached hydrogens (tertiary/aromatic N) is 1. The van der Waals surface area contributed by atoms with Crippen molar-refractivity contribution in [1.82, 2.24) is 4.98 Å². The number of hydrogen-bond donors (Lipinski definition) is 1. The van der Waals surface area contributed by atoms with E-state index in [1.807, 2.05) is 0 Å². The van der Waals surface area contributed by atoms with Gasteiger partial charge in [0.1, 0.15) is 0 Å². The smallest absolute Gasteiger partial charge is 0.269 e. The Morgan fingerprint density at radius 3 is 2.80 bits per heavy atom. The largest absolute Gasteiger partial charge is 0.491 e. The third-order valence-electron chi connectivity index (χ3n) is 1.86. The topological polar surface area (TPSA) is 65.9 Å². The van der Waals surface area contributed by atoms with E-state index in [0.717, 1.165) is 0 Å². The van der Waals surface area contributed by atoms with Gasteiger partial charge in [-0.15, -0.1) is 0 Å². The lowest BCUT2D eigenvalue weighted by atomic mass is 10.1. The van der Waals surface area contributed by atoms with Gasteiger partial charge >= 0.3 is 0 Å². The second kappa shape index (κ2) is 4.55. The van der Waals surface area contributed by atoms with Crippen LogP contribution in [-0.4, -0.2) is 12.1 Å². The maximum atomic E-state index is 12.5. The highest BCUT2D eigenvalue weighted by atomic mass is 19.3. The molecule has 4 nitrogen and oxygen atoms in total. The molecule has 0 fully saturated rings. The van der Waals surface area contributed by atoms with E-state index >= 15 is 0 Å². The quantitative estimate of drug-likeness (QED) is 0.826. The molecular formula is C9H8F2N2O2. The zero-order chi connectivity index (χ0) is 11.4. The molecule has 0 radical (unpaired) electrons. The Labute approximate surface area is 84.1 Å². The van der Waals surface area contributed by atoms with Crippen LogP contribution in [0, 0.1) is 11.3 Å². The standard InChI is InChI=1S/C9H8F2N2O2/c1-15-6-4-13-5(2-3-12)7(8(6)14)9(10)11/h4,9H,2H2,1H3,(H,13,14). The van der Waals surface area contributed by atoms with Gasteiger partial charge in [0.2, 0.25) is 5.43 Å². The van der Waals surface area contributed by atoms with Gasteiger partial charge in [-0.05, 0) is 0 Å². The molecule has 0 spiro atoms. The summed E-state index contributed by atoms with van der Waals surface area (Å²) < 4.78 is 29.7. The normalized spacial score (nSPS) is 10.1. The molecule has 0 aliphatic carbocycles. The number of pyridine rings is 1. The zero-order valence-corrected chi connectivity index (χ0v) is 7.88. The van der Waals surface area contributed by atoms with E-state index < -0.39 is 17.4 Å². The highest BCUT2D eigenvalue weighted by Crippen LogP contribution is 2.20. The van der Waals surface area contributed by atoms with Crippen molar-refractivity contribution in [3.8, 4) is 11.8 Å². The van der Waals surface area contributed by atoms with E-state index in [1.165, 1.54) is 13.3 Å². The van der Waals surface area contributed by atoms with E-state index in [4.69, 9.17) is 5.26 Å². The van der Waals surface area contributed by atoms with E-state index in [9.17, 15) is 13.6 Å². The van der Waals surface area contributed by atoms with Crippen molar-refractivity contribution in [2.45, 2.75) is 12.8 Å². The minimum absolute atomic E-state index is 0.0710. The monoisotopic (exact) mass is 214 g/mol. The molecule has 1 aromatic rings. The van der Waals surface area contributed by atoms with Gasteiger partial charge < -0.3 is 9.72 Å². The van der Waals surface area contributed by atoms with Crippen molar-refractivity contribution < 1.29 is 13.5 Å². The Hall–Kier alpha value is -1.90. The number of aromatic nitrogens is 1. The Kier molecular flexibility index (Phi) is 3.39. The zero-order valence-electron chi connectivity index (χ0n) is 7.88. The first-order chi connectivity index (χ1) is 7.11. The molecule has 0 amide bonds. The fourth-order valence-electron chi connectivity index (χ4n) is 1.17. The van der Waals surface area contributed by atoms with Gasteiger partial charge in [-0.2, -0.15) is 5.26 Å². The highest BCUT2D eigenvalue weighted by Gasteiger charge is 2.20. The summed E-state index contributed by atoms with van der Waals surface area (Å²) >= 11 is 0. The van der Waals surface area contributed by atoms with Gasteiger partial charge in [-0.3, -0.25) is 4.79 Å². The molecule has 0 atom stereocenters. The van der Waals surface area contributed by atoms with Crippen molar-refractivity contribution >= 4 is 0 Å². The number of alkyl halides is 2. The maximum absolute atomic E-state index is 12.5. The molecule has 1 N–H and O–H groups in total. The summed E-state index contributed by atoms with van der Waals surface area (Å²) in [5.41, 5.74) is -1.65. The number of H-pyrrole nitrogens is 1. The molecule has 0 unspecified atom stereocenters. The van der Waals surface area contributed by atoms with Crippen LogP contribution in [0.5, 0.6) is 5.75 Å². The third kappa shape index (κ3) is 2.13. The molecule has 80 valence electrons. The molecule has 15 heavy (non-hydrogen) atoms. The van der Waals surface area contributed by atoms with Crippen LogP contribution >= 0.6 is 0 Å². The fourth-order valence-corrected chi connectivity index (χ4v) is 1.17. The number of rotatable bonds is 3. The molecule has 0 saturated carbocycles. The highest BCUT2D eigenvalue weighted by molar-refractivity contribution is 5.31. The Morgan fingerprint density at radius 1 is 1.67 bits per heavy atom. The Morgan fingerprint density at radius 2 is 2.33 bits per heavy atom. The number of halogens is 2. The second-order valence-corrected chi connectivity index (χ2v) is 2.71. The summed E-state index contributed by atoms with van der Waals surface area (Å²) in [5.74, 6) is -0.188. The van der Waals surface area contributed by atoms with Crippen LogP contribution in [-0.2, 0) is 6.42 Å². The summed E-state index contributed by atoms with van der Waals surface area (Å²) in [7, 11) is 1.21. The summed E-state index contributed by atoms with van der Waals surface area (Å²) in [6.45, 7) is 0.